The first-order chi connectivity index (χ1) is 14.7. The van der Waals surface area contributed by atoms with Gasteiger partial charge in [0.25, 0.3) is 5.91 Å². The van der Waals surface area contributed by atoms with Crippen molar-refractivity contribution in [3.8, 4) is 22.8 Å². The third kappa shape index (κ3) is 3.70. The molecule has 8 heteroatoms. The zero-order valence-corrected chi connectivity index (χ0v) is 17.7. The number of piperazine rings is 1. The highest BCUT2D eigenvalue weighted by atomic mass is 79.9. The van der Waals surface area contributed by atoms with Gasteiger partial charge in [-0.15, -0.1) is 10.2 Å². The molecule has 0 aliphatic carbocycles. The summed E-state index contributed by atoms with van der Waals surface area (Å²) in [6.45, 7) is 2.99. The molecule has 0 spiro atoms. The van der Waals surface area contributed by atoms with Crippen LogP contribution < -0.4 is 14.4 Å². The monoisotopic (exact) mass is 466 g/mol. The number of halogens is 1. The first kappa shape index (κ1) is 18.9. The SMILES string of the molecule is O=C(c1cccc(Br)c1)N1CCN(c2ccc(-c3ccc4c(c3)OCO4)nn2)CC1. The lowest BCUT2D eigenvalue weighted by Gasteiger charge is -2.35. The summed E-state index contributed by atoms with van der Waals surface area (Å²) in [6.07, 6.45) is 0. The van der Waals surface area contributed by atoms with E-state index in [9.17, 15) is 4.79 Å². The summed E-state index contributed by atoms with van der Waals surface area (Å²) >= 11 is 3.42. The van der Waals surface area contributed by atoms with Crippen molar-refractivity contribution in [1.82, 2.24) is 15.1 Å². The molecule has 30 heavy (non-hydrogen) atoms. The normalized spacial score (nSPS) is 15.4. The van der Waals surface area contributed by atoms with Gasteiger partial charge >= 0.3 is 0 Å². The summed E-state index contributed by atoms with van der Waals surface area (Å²) in [6, 6.07) is 17.2. The van der Waals surface area contributed by atoms with E-state index in [0.29, 0.717) is 18.7 Å². The summed E-state index contributed by atoms with van der Waals surface area (Å²) in [4.78, 5) is 16.8. The minimum absolute atomic E-state index is 0.0557. The number of benzene rings is 2. The summed E-state index contributed by atoms with van der Waals surface area (Å²) in [7, 11) is 0. The number of hydrogen-bond acceptors (Lipinski definition) is 6. The predicted octanol–water partition coefficient (Wildman–Crippen LogP) is 3.60. The van der Waals surface area contributed by atoms with Gasteiger partial charge in [-0.25, -0.2) is 0 Å². The molecular weight excluding hydrogens is 448 g/mol. The number of nitrogens with zero attached hydrogens (tertiary/aromatic N) is 4. The second-order valence-electron chi connectivity index (χ2n) is 7.13. The quantitative estimate of drug-likeness (QED) is 0.587. The van der Waals surface area contributed by atoms with Gasteiger partial charge in [0.05, 0.1) is 5.69 Å². The Bertz CT molecular complexity index is 1080. The number of hydrogen-bond donors (Lipinski definition) is 0. The highest BCUT2D eigenvalue weighted by Crippen LogP contribution is 2.35. The molecule has 2 aliphatic rings. The first-order valence-corrected chi connectivity index (χ1v) is 10.5. The minimum atomic E-state index is 0.0557. The maximum absolute atomic E-state index is 12.7. The lowest BCUT2D eigenvalue weighted by Crippen LogP contribution is -2.49. The molecule has 1 aromatic heterocycles. The number of anilines is 1. The van der Waals surface area contributed by atoms with E-state index in [4.69, 9.17) is 9.47 Å². The molecule has 152 valence electrons. The van der Waals surface area contributed by atoms with Gasteiger partial charge in [-0.2, -0.15) is 0 Å². The van der Waals surface area contributed by atoms with Crippen LogP contribution in [0.25, 0.3) is 11.3 Å². The Morgan fingerprint density at radius 3 is 2.50 bits per heavy atom. The van der Waals surface area contributed by atoms with Crippen LogP contribution in [-0.4, -0.2) is 54.0 Å². The number of amides is 1. The van der Waals surface area contributed by atoms with Crippen LogP contribution in [0.15, 0.2) is 59.1 Å². The van der Waals surface area contributed by atoms with Crippen molar-refractivity contribution in [3.63, 3.8) is 0 Å². The molecule has 1 fully saturated rings. The van der Waals surface area contributed by atoms with Gasteiger partial charge in [0.2, 0.25) is 6.79 Å². The first-order valence-electron chi connectivity index (χ1n) is 9.71. The van der Waals surface area contributed by atoms with Crippen molar-refractivity contribution >= 4 is 27.7 Å². The van der Waals surface area contributed by atoms with Crippen molar-refractivity contribution in [2.45, 2.75) is 0 Å². The molecule has 2 aromatic carbocycles. The molecule has 0 atom stereocenters. The van der Waals surface area contributed by atoms with E-state index in [1.807, 2.05) is 59.5 Å². The Morgan fingerprint density at radius 2 is 1.73 bits per heavy atom. The van der Waals surface area contributed by atoms with Crippen LogP contribution >= 0.6 is 15.9 Å². The van der Waals surface area contributed by atoms with Gasteiger partial charge in [-0.3, -0.25) is 4.79 Å². The molecule has 1 amide bonds. The number of aromatic nitrogens is 2. The van der Waals surface area contributed by atoms with Crippen LogP contribution in [0.1, 0.15) is 10.4 Å². The lowest BCUT2D eigenvalue weighted by molar-refractivity contribution is 0.0746. The van der Waals surface area contributed by atoms with Crippen LogP contribution in [0.4, 0.5) is 5.82 Å². The minimum Gasteiger partial charge on any atom is -0.454 e. The summed E-state index contributed by atoms with van der Waals surface area (Å²) < 4.78 is 11.7. The average molecular weight is 467 g/mol. The van der Waals surface area contributed by atoms with Gasteiger partial charge in [0.15, 0.2) is 17.3 Å². The van der Waals surface area contributed by atoms with Gasteiger partial charge < -0.3 is 19.3 Å². The molecular formula is C22H19BrN4O3. The largest absolute Gasteiger partial charge is 0.454 e. The Kier molecular flexibility index (Phi) is 5.00. The lowest BCUT2D eigenvalue weighted by atomic mass is 10.1. The van der Waals surface area contributed by atoms with Crippen molar-refractivity contribution in [3.05, 3.63) is 64.6 Å². The van der Waals surface area contributed by atoms with Gasteiger partial charge in [0.1, 0.15) is 0 Å². The highest BCUT2D eigenvalue weighted by Gasteiger charge is 2.23. The molecule has 7 nitrogen and oxygen atoms in total. The molecule has 3 aromatic rings. The van der Waals surface area contributed by atoms with Crippen LogP contribution in [0, 0.1) is 0 Å². The smallest absolute Gasteiger partial charge is 0.254 e. The van der Waals surface area contributed by atoms with E-state index in [0.717, 1.165) is 46.1 Å². The van der Waals surface area contributed by atoms with E-state index in [1.165, 1.54) is 0 Å². The van der Waals surface area contributed by atoms with Crippen LogP contribution in [0.3, 0.4) is 0 Å². The Labute approximate surface area is 182 Å². The van der Waals surface area contributed by atoms with Gasteiger partial charge in [-0.05, 0) is 48.5 Å². The van der Waals surface area contributed by atoms with Gasteiger partial charge in [-0.1, -0.05) is 22.0 Å². The Morgan fingerprint density at radius 1 is 0.900 bits per heavy atom. The fraction of sp³-hybridized carbons (Fsp3) is 0.227. The third-order valence-corrected chi connectivity index (χ3v) is 5.77. The number of carbonyl (C=O) groups excluding carboxylic acids is 1. The molecule has 0 radical (unpaired) electrons. The van der Waals surface area contributed by atoms with E-state index in [2.05, 4.69) is 31.0 Å². The van der Waals surface area contributed by atoms with Crippen LogP contribution in [-0.2, 0) is 0 Å². The van der Waals surface area contributed by atoms with Crippen molar-refractivity contribution < 1.29 is 14.3 Å². The highest BCUT2D eigenvalue weighted by molar-refractivity contribution is 9.10. The summed E-state index contributed by atoms with van der Waals surface area (Å²) in [5.74, 6) is 2.34. The molecule has 0 bridgehead atoms. The number of rotatable bonds is 3. The van der Waals surface area contributed by atoms with Crippen molar-refractivity contribution in [2.24, 2.45) is 0 Å². The van der Waals surface area contributed by atoms with Crippen LogP contribution in [0.2, 0.25) is 0 Å². The topological polar surface area (TPSA) is 67.8 Å². The van der Waals surface area contributed by atoms with Gasteiger partial charge in [0, 0.05) is 41.8 Å². The maximum Gasteiger partial charge on any atom is 0.254 e. The average Bonchev–Trinajstić information content (AvgIpc) is 3.27. The van der Waals surface area contributed by atoms with E-state index < -0.39 is 0 Å². The van der Waals surface area contributed by atoms with Crippen molar-refractivity contribution in [1.29, 1.82) is 0 Å². The number of carbonyl (C=O) groups is 1. The zero-order valence-electron chi connectivity index (χ0n) is 16.1. The fourth-order valence-corrected chi connectivity index (χ4v) is 4.05. The predicted molar refractivity (Wildman–Crippen MR) is 116 cm³/mol. The Hall–Kier alpha value is -3.13. The van der Waals surface area contributed by atoms with Crippen molar-refractivity contribution in [2.75, 3.05) is 37.9 Å². The zero-order chi connectivity index (χ0) is 20.5. The molecule has 3 heterocycles. The second kappa shape index (κ2) is 7.95. The van der Waals surface area contributed by atoms with E-state index in [1.54, 1.807) is 0 Å². The number of fused-ring (bicyclic) bond motifs is 1. The molecule has 1 saturated heterocycles. The fourth-order valence-electron chi connectivity index (χ4n) is 3.65. The number of ether oxygens (including phenoxy) is 2. The molecule has 5 rings (SSSR count). The van der Waals surface area contributed by atoms with E-state index in [-0.39, 0.29) is 12.7 Å². The molecule has 0 saturated carbocycles. The summed E-state index contributed by atoms with van der Waals surface area (Å²) in [5.41, 5.74) is 2.41. The van der Waals surface area contributed by atoms with Crippen LogP contribution in [0.5, 0.6) is 11.5 Å². The standard InChI is InChI=1S/C22H19BrN4O3/c23-17-3-1-2-16(12-17)22(28)27-10-8-26(9-11-27)21-7-5-18(24-25-21)15-4-6-19-20(13-15)30-14-29-19/h1-7,12-13H,8-11,14H2. The second-order valence-corrected chi connectivity index (χ2v) is 8.05. The molecule has 2 aliphatic heterocycles. The van der Waals surface area contributed by atoms with E-state index >= 15 is 0 Å². The Balaban J connectivity index is 1.24. The third-order valence-electron chi connectivity index (χ3n) is 5.28. The molecule has 0 N–H and O–H groups in total. The molecule has 0 unspecified atom stereocenters. The summed E-state index contributed by atoms with van der Waals surface area (Å²) in [5, 5.41) is 8.79. The maximum atomic E-state index is 12.7.